The van der Waals surface area contributed by atoms with Gasteiger partial charge < -0.3 is 10.6 Å². The highest BCUT2D eigenvalue weighted by Gasteiger charge is 2.28. The Morgan fingerprint density at radius 3 is 2.61 bits per heavy atom. The molecule has 5 heterocycles. The van der Waals surface area contributed by atoms with Crippen molar-refractivity contribution in [2.75, 3.05) is 54.9 Å². The number of nitrogen functional groups attached to an aromatic ring is 1. The average Bonchev–Trinajstić information content (AvgIpc) is 3.48. The van der Waals surface area contributed by atoms with E-state index < -0.39 is 11.6 Å². The summed E-state index contributed by atoms with van der Waals surface area (Å²) in [5.74, 6) is 0.347. The van der Waals surface area contributed by atoms with Crippen LogP contribution in [0.1, 0.15) is 11.3 Å². The zero-order valence-corrected chi connectivity index (χ0v) is 19.7. The molecular weight excluding hydrogens is 468 g/mol. The van der Waals surface area contributed by atoms with E-state index >= 15 is 0 Å². The lowest BCUT2D eigenvalue weighted by molar-refractivity contribution is 0.260. The van der Waals surface area contributed by atoms with Crippen molar-refractivity contribution in [3.63, 3.8) is 0 Å². The standard InChI is InChI=1S/C23H25F2N11/c1-14-19(28-5-4-27-14)20-30-22-16-13-29-35(21(16)31-23(26)36(22)32-20)11-8-33-6-9-34(10-7-33)18-3-2-15(24)12-17(18)25/h2-5,12,29H,6-11,13H2,1H3,(H2,26,31). The number of benzene rings is 1. The Balaban J connectivity index is 1.14. The number of hydrazine groups is 1. The summed E-state index contributed by atoms with van der Waals surface area (Å²) in [6.07, 6.45) is 3.24. The van der Waals surface area contributed by atoms with Crippen molar-refractivity contribution in [2.45, 2.75) is 13.5 Å². The van der Waals surface area contributed by atoms with Crippen molar-refractivity contribution in [1.82, 2.24) is 39.9 Å². The molecule has 2 aliphatic rings. The minimum Gasteiger partial charge on any atom is -0.368 e. The normalized spacial score (nSPS) is 16.2. The van der Waals surface area contributed by atoms with E-state index in [0.717, 1.165) is 42.8 Å². The third-order valence-corrected chi connectivity index (χ3v) is 6.64. The molecule has 0 unspecified atom stereocenters. The predicted molar refractivity (Wildman–Crippen MR) is 130 cm³/mol. The maximum Gasteiger partial charge on any atom is 0.225 e. The number of fused-ring (bicyclic) bond motifs is 3. The van der Waals surface area contributed by atoms with E-state index in [1.165, 1.54) is 12.1 Å². The number of aryl methyl sites for hydroxylation is 1. The van der Waals surface area contributed by atoms with Gasteiger partial charge in [0.15, 0.2) is 11.5 Å². The second-order valence-electron chi connectivity index (χ2n) is 8.84. The predicted octanol–water partition coefficient (Wildman–Crippen LogP) is 1.40. The topological polar surface area (TPSA) is 117 Å². The molecule has 0 radical (unpaired) electrons. The first-order chi connectivity index (χ1) is 17.5. The molecule has 186 valence electrons. The summed E-state index contributed by atoms with van der Waals surface area (Å²) in [6, 6.07) is 3.73. The molecule has 4 aromatic rings. The molecule has 0 amide bonds. The lowest BCUT2D eigenvalue weighted by Gasteiger charge is -2.36. The number of rotatable bonds is 5. The Bertz CT molecular complexity index is 1430. The number of hydrogen-bond acceptors (Lipinski definition) is 10. The molecule has 0 aliphatic carbocycles. The number of halogens is 2. The molecule has 1 saturated heterocycles. The lowest BCUT2D eigenvalue weighted by atomic mass is 10.2. The highest BCUT2D eigenvalue weighted by Crippen LogP contribution is 2.29. The van der Waals surface area contributed by atoms with Gasteiger partial charge in [0, 0.05) is 64.3 Å². The Morgan fingerprint density at radius 2 is 1.83 bits per heavy atom. The van der Waals surface area contributed by atoms with Crippen LogP contribution in [0.5, 0.6) is 0 Å². The van der Waals surface area contributed by atoms with Crippen molar-refractivity contribution < 1.29 is 8.78 Å². The van der Waals surface area contributed by atoms with Gasteiger partial charge in [-0.05, 0) is 19.1 Å². The molecule has 0 bridgehead atoms. The van der Waals surface area contributed by atoms with Gasteiger partial charge in [0.05, 0.1) is 16.9 Å². The molecule has 36 heavy (non-hydrogen) atoms. The van der Waals surface area contributed by atoms with Gasteiger partial charge in [-0.2, -0.15) is 9.50 Å². The molecule has 0 spiro atoms. The summed E-state index contributed by atoms with van der Waals surface area (Å²) in [5.41, 5.74) is 13.0. The Morgan fingerprint density at radius 1 is 1.03 bits per heavy atom. The summed E-state index contributed by atoms with van der Waals surface area (Å²) in [4.78, 5) is 22.2. The van der Waals surface area contributed by atoms with Crippen LogP contribution < -0.4 is 21.1 Å². The molecule has 3 aromatic heterocycles. The van der Waals surface area contributed by atoms with Crippen molar-refractivity contribution in [3.05, 3.63) is 53.5 Å². The molecular formula is C23H25F2N11. The van der Waals surface area contributed by atoms with Crippen LogP contribution >= 0.6 is 0 Å². The van der Waals surface area contributed by atoms with Gasteiger partial charge in [0.25, 0.3) is 0 Å². The molecule has 2 aliphatic heterocycles. The first-order valence-electron chi connectivity index (χ1n) is 11.7. The van der Waals surface area contributed by atoms with Crippen LogP contribution in [0.25, 0.3) is 17.2 Å². The third-order valence-electron chi connectivity index (χ3n) is 6.64. The first kappa shape index (κ1) is 22.5. The number of nitrogens with one attached hydrogen (secondary N) is 1. The highest BCUT2D eigenvalue weighted by atomic mass is 19.1. The first-order valence-corrected chi connectivity index (χ1v) is 11.7. The SMILES string of the molecule is Cc1nccnc1-c1nc2c3c(nc(N)n2n1)N(CCN1CCN(c2ccc(F)cc2F)CC1)NC3. The maximum absolute atomic E-state index is 14.1. The van der Waals surface area contributed by atoms with E-state index in [2.05, 4.69) is 30.4 Å². The molecule has 6 rings (SSSR count). The van der Waals surface area contributed by atoms with Crippen molar-refractivity contribution in [2.24, 2.45) is 0 Å². The van der Waals surface area contributed by atoms with Crippen LogP contribution in [0.3, 0.4) is 0 Å². The van der Waals surface area contributed by atoms with Crippen LogP contribution in [0.2, 0.25) is 0 Å². The largest absolute Gasteiger partial charge is 0.368 e. The van der Waals surface area contributed by atoms with Gasteiger partial charge in [-0.25, -0.2) is 24.2 Å². The molecule has 1 fully saturated rings. The van der Waals surface area contributed by atoms with E-state index in [4.69, 9.17) is 10.7 Å². The minimum atomic E-state index is -0.564. The van der Waals surface area contributed by atoms with E-state index in [9.17, 15) is 8.78 Å². The molecule has 0 saturated carbocycles. The quantitative estimate of drug-likeness (QED) is 0.423. The van der Waals surface area contributed by atoms with Crippen LogP contribution in [0, 0.1) is 18.6 Å². The number of nitrogens with zero attached hydrogens (tertiary/aromatic N) is 9. The molecule has 13 heteroatoms. The number of anilines is 3. The summed E-state index contributed by atoms with van der Waals surface area (Å²) in [7, 11) is 0. The second kappa shape index (κ2) is 8.91. The van der Waals surface area contributed by atoms with Gasteiger partial charge in [0.1, 0.15) is 17.3 Å². The monoisotopic (exact) mass is 493 g/mol. The molecule has 0 atom stereocenters. The van der Waals surface area contributed by atoms with Crippen molar-refractivity contribution in [1.29, 1.82) is 0 Å². The van der Waals surface area contributed by atoms with E-state index in [-0.39, 0.29) is 5.95 Å². The molecule has 1 aromatic carbocycles. The maximum atomic E-state index is 14.1. The Kier molecular flexibility index (Phi) is 5.57. The summed E-state index contributed by atoms with van der Waals surface area (Å²) >= 11 is 0. The summed E-state index contributed by atoms with van der Waals surface area (Å²) in [5, 5.41) is 6.50. The third kappa shape index (κ3) is 3.95. The molecule has 3 N–H and O–H groups in total. The summed E-state index contributed by atoms with van der Waals surface area (Å²) in [6.45, 7) is 6.78. The van der Waals surface area contributed by atoms with Crippen LogP contribution in [-0.4, -0.2) is 73.7 Å². The number of nitrogens with two attached hydrogens (primary N) is 1. The van der Waals surface area contributed by atoms with Crippen LogP contribution in [0.15, 0.2) is 30.6 Å². The Hall–Kier alpha value is -3.97. The fourth-order valence-electron chi connectivity index (χ4n) is 4.73. The highest BCUT2D eigenvalue weighted by molar-refractivity contribution is 5.68. The van der Waals surface area contributed by atoms with E-state index in [1.54, 1.807) is 16.9 Å². The van der Waals surface area contributed by atoms with Crippen molar-refractivity contribution in [3.8, 4) is 11.5 Å². The van der Waals surface area contributed by atoms with Crippen LogP contribution in [0.4, 0.5) is 26.2 Å². The fourth-order valence-corrected chi connectivity index (χ4v) is 4.73. The lowest BCUT2D eigenvalue weighted by Crippen LogP contribution is -2.49. The molecule has 11 nitrogen and oxygen atoms in total. The van der Waals surface area contributed by atoms with Gasteiger partial charge in [0.2, 0.25) is 11.8 Å². The second-order valence-corrected chi connectivity index (χ2v) is 8.84. The van der Waals surface area contributed by atoms with E-state index in [0.29, 0.717) is 49.0 Å². The van der Waals surface area contributed by atoms with E-state index in [1.807, 2.05) is 16.8 Å². The Labute approximate surface area is 205 Å². The van der Waals surface area contributed by atoms with Gasteiger partial charge in [-0.15, -0.1) is 5.10 Å². The minimum absolute atomic E-state index is 0.243. The fraction of sp³-hybridized carbons (Fsp3) is 0.348. The van der Waals surface area contributed by atoms with Crippen LogP contribution in [-0.2, 0) is 6.54 Å². The number of aromatic nitrogens is 6. The van der Waals surface area contributed by atoms with Gasteiger partial charge in [-0.3, -0.25) is 14.9 Å². The zero-order valence-electron chi connectivity index (χ0n) is 19.7. The number of hydrogen-bond donors (Lipinski definition) is 2. The summed E-state index contributed by atoms with van der Waals surface area (Å²) < 4.78 is 28.9. The number of piperazine rings is 1. The van der Waals surface area contributed by atoms with Gasteiger partial charge in [-0.1, -0.05) is 0 Å². The van der Waals surface area contributed by atoms with Gasteiger partial charge >= 0.3 is 0 Å². The van der Waals surface area contributed by atoms with Crippen molar-refractivity contribution >= 4 is 23.1 Å². The average molecular weight is 494 g/mol. The zero-order chi connectivity index (χ0) is 24.8. The smallest absolute Gasteiger partial charge is 0.225 e.